The molecule has 1 atom stereocenters. The third-order valence-electron chi connectivity index (χ3n) is 4.57. The highest BCUT2D eigenvalue weighted by molar-refractivity contribution is 6.16. The Hall–Kier alpha value is -3.75. The number of hydrogen-bond acceptors (Lipinski definition) is 5. The van der Waals surface area contributed by atoms with Crippen LogP contribution in [-0.2, 0) is 11.3 Å². The number of nitrogens with one attached hydrogen (secondary N) is 1. The summed E-state index contributed by atoms with van der Waals surface area (Å²) in [6, 6.07) is 18.5. The lowest BCUT2D eigenvalue weighted by molar-refractivity contribution is -0.185. The van der Waals surface area contributed by atoms with Crippen molar-refractivity contribution in [1.82, 2.24) is 14.9 Å². The monoisotopic (exact) mass is 411 g/mol. The van der Waals surface area contributed by atoms with E-state index in [1.165, 1.54) is 18.5 Å². The summed E-state index contributed by atoms with van der Waals surface area (Å²) in [7, 11) is 0. The number of carbonyl (C=O) groups excluding carboxylic acids is 1. The van der Waals surface area contributed by atoms with Gasteiger partial charge in [-0.2, -0.15) is 13.2 Å². The Morgan fingerprint density at radius 2 is 1.50 bits per heavy atom. The molecule has 9 heteroatoms. The second-order valence-corrected chi connectivity index (χ2v) is 6.58. The largest absolute Gasteiger partial charge is 0.442 e. The highest BCUT2D eigenvalue weighted by atomic mass is 19.4. The van der Waals surface area contributed by atoms with Gasteiger partial charge in [-0.1, -0.05) is 60.7 Å². The zero-order valence-electron chi connectivity index (χ0n) is 15.5. The fraction of sp³-hybridized carbons (Fsp3) is 0.143. The molecule has 2 heterocycles. The number of benzene rings is 2. The average Bonchev–Trinajstić information content (AvgIpc) is 3.03. The van der Waals surface area contributed by atoms with E-state index in [-0.39, 0.29) is 18.3 Å². The molecule has 0 saturated carbocycles. The number of amides is 1. The quantitative estimate of drug-likeness (QED) is 0.696. The second kappa shape index (κ2) is 7.58. The van der Waals surface area contributed by atoms with Gasteiger partial charge in [0.2, 0.25) is 5.95 Å². The first-order valence-electron chi connectivity index (χ1n) is 9.04. The second-order valence-electron chi connectivity index (χ2n) is 6.58. The van der Waals surface area contributed by atoms with Crippen molar-refractivity contribution in [1.29, 1.82) is 0 Å². The summed E-state index contributed by atoms with van der Waals surface area (Å²) in [5.41, 5.74) is -2.17. The van der Waals surface area contributed by atoms with Crippen molar-refractivity contribution in [3.8, 4) is 0 Å². The smallest absolute Gasteiger partial charge is 0.314 e. The maximum absolute atomic E-state index is 14.3. The van der Waals surface area contributed by atoms with Gasteiger partial charge in [-0.15, -0.1) is 0 Å². The number of nitrogens with zero attached hydrogens (tertiary/aromatic N) is 4. The lowest BCUT2D eigenvalue weighted by Crippen LogP contribution is -2.58. The minimum Gasteiger partial charge on any atom is -0.314 e. The number of carbonyl (C=O) groups is 1. The number of alkyl halides is 3. The first-order valence-corrected chi connectivity index (χ1v) is 9.04. The van der Waals surface area contributed by atoms with Crippen molar-refractivity contribution in [2.75, 3.05) is 5.32 Å². The Balaban J connectivity index is 1.83. The molecule has 0 radical (unpaired) electrons. The van der Waals surface area contributed by atoms with Gasteiger partial charge in [0, 0.05) is 18.0 Å². The number of aliphatic imine (C=N–C) groups is 1. The van der Waals surface area contributed by atoms with Crippen LogP contribution in [0.5, 0.6) is 0 Å². The predicted molar refractivity (Wildman–Crippen MR) is 104 cm³/mol. The summed E-state index contributed by atoms with van der Waals surface area (Å²) in [6.07, 6.45) is -2.47. The first kappa shape index (κ1) is 19.6. The van der Waals surface area contributed by atoms with Gasteiger partial charge in [0.15, 0.2) is 0 Å². The summed E-state index contributed by atoms with van der Waals surface area (Å²) in [4.78, 5) is 25.7. The Bertz CT molecular complexity index is 1060. The van der Waals surface area contributed by atoms with Crippen LogP contribution in [0.1, 0.15) is 11.1 Å². The molecule has 3 aromatic rings. The number of rotatable bonds is 5. The van der Waals surface area contributed by atoms with Gasteiger partial charge in [-0.3, -0.25) is 9.69 Å². The van der Waals surface area contributed by atoms with Crippen molar-refractivity contribution in [2.24, 2.45) is 4.99 Å². The summed E-state index contributed by atoms with van der Waals surface area (Å²) in [5, 5.41) is 2.13. The molecule has 1 N–H and O–H groups in total. The van der Waals surface area contributed by atoms with E-state index in [1.807, 2.05) is 0 Å². The van der Waals surface area contributed by atoms with Crippen LogP contribution in [0.15, 0.2) is 84.1 Å². The fourth-order valence-electron chi connectivity index (χ4n) is 3.14. The number of anilines is 1. The number of halogens is 3. The van der Waals surface area contributed by atoms with Gasteiger partial charge in [0.25, 0.3) is 5.91 Å². The van der Waals surface area contributed by atoms with E-state index in [1.54, 1.807) is 60.7 Å². The molecule has 0 aliphatic carbocycles. The van der Waals surface area contributed by atoms with E-state index >= 15 is 0 Å². The van der Waals surface area contributed by atoms with Crippen LogP contribution in [0.25, 0.3) is 0 Å². The summed E-state index contributed by atoms with van der Waals surface area (Å²) in [6.45, 7) is -0.0669. The molecule has 0 bridgehead atoms. The molecular formula is C21H16F3N5O. The van der Waals surface area contributed by atoms with Crippen LogP contribution >= 0.6 is 0 Å². The van der Waals surface area contributed by atoms with Crippen molar-refractivity contribution in [3.05, 3.63) is 90.3 Å². The Morgan fingerprint density at radius 1 is 0.900 bits per heavy atom. The summed E-state index contributed by atoms with van der Waals surface area (Å²) >= 11 is 0. The van der Waals surface area contributed by atoms with Crippen molar-refractivity contribution in [3.63, 3.8) is 0 Å². The first-order chi connectivity index (χ1) is 14.4. The van der Waals surface area contributed by atoms with Crippen LogP contribution in [0.4, 0.5) is 19.1 Å². The van der Waals surface area contributed by atoms with Crippen LogP contribution < -0.4 is 5.32 Å². The zero-order chi connectivity index (χ0) is 21.2. The molecule has 4 rings (SSSR count). The van der Waals surface area contributed by atoms with E-state index in [0.717, 1.165) is 4.90 Å². The zero-order valence-corrected chi connectivity index (χ0v) is 15.5. The molecule has 0 spiro atoms. The summed E-state index contributed by atoms with van der Waals surface area (Å²) in [5.74, 6) is -1.67. The minimum atomic E-state index is -5.03. The van der Waals surface area contributed by atoms with Gasteiger partial charge in [0.05, 0.1) is 6.54 Å². The SMILES string of the molecule is O=C1N(Cc2ccccc2)C(c2ccccc2)=N[C@]1(Nc1ncccn1)C(F)(F)F. The van der Waals surface area contributed by atoms with Crippen LogP contribution in [-0.4, -0.2) is 38.4 Å². The van der Waals surface area contributed by atoms with Gasteiger partial charge in [-0.25, -0.2) is 15.0 Å². The molecule has 30 heavy (non-hydrogen) atoms. The normalized spacial score (nSPS) is 19.0. The van der Waals surface area contributed by atoms with Crippen molar-refractivity contribution in [2.45, 2.75) is 18.4 Å². The Morgan fingerprint density at radius 3 is 2.10 bits per heavy atom. The standard InChI is InChI=1S/C21H16F3N5O/c22-21(23,24)20(28-19-25-12-7-13-26-19)18(30)29(14-15-8-3-1-4-9-15)17(27-20)16-10-5-2-6-11-16/h1-13H,14H2,(H,25,26,28)/t20-/m1/s1. The fourth-order valence-corrected chi connectivity index (χ4v) is 3.14. The van der Waals surface area contributed by atoms with E-state index in [9.17, 15) is 18.0 Å². The Labute approximate surface area is 170 Å². The average molecular weight is 411 g/mol. The van der Waals surface area contributed by atoms with E-state index < -0.39 is 17.7 Å². The molecule has 152 valence electrons. The van der Waals surface area contributed by atoms with Crippen LogP contribution in [0, 0.1) is 0 Å². The molecule has 2 aromatic carbocycles. The van der Waals surface area contributed by atoms with Gasteiger partial charge < -0.3 is 5.32 Å². The number of aromatic nitrogens is 2. The molecular weight excluding hydrogens is 395 g/mol. The van der Waals surface area contributed by atoms with E-state index in [2.05, 4.69) is 20.3 Å². The predicted octanol–water partition coefficient (Wildman–Crippen LogP) is 3.64. The molecule has 6 nitrogen and oxygen atoms in total. The Kier molecular flexibility index (Phi) is 4.94. The highest BCUT2D eigenvalue weighted by Crippen LogP contribution is 2.40. The van der Waals surface area contributed by atoms with Gasteiger partial charge >= 0.3 is 11.8 Å². The minimum absolute atomic E-state index is 0.0669. The third kappa shape index (κ3) is 3.49. The van der Waals surface area contributed by atoms with Crippen LogP contribution in [0.2, 0.25) is 0 Å². The van der Waals surface area contributed by atoms with Crippen molar-refractivity contribution < 1.29 is 18.0 Å². The van der Waals surface area contributed by atoms with Gasteiger partial charge in [0.1, 0.15) is 5.84 Å². The topological polar surface area (TPSA) is 70.5 Å². The molecule has 1 aliphatic rings. The van der Waals surface area contributed by atoms with Gasteiger partial charge in [-0.05, 0) is 11.6 Å². The number of amidine groups is 1. The molecule has 0 fully saturated rings. The molecule has 0 saturated heterocycles. The molecule has 0 unspecified atom stereocenters. The van der Waals surface area contributed by atoms with Crippen LogP contribution in [0.3, 0.4) is 0 Å². The van der Waals surface area contributed by atoms with E-state index in [4.69, 9.17) is 0 Å². The molecule has 1 amide bonds. The molecule has 1 aliphatic heterocycles. The lowest BCUT2D eigenvalue weighted by Gasteiger charge is -2.29. The van der Waals surface area contributed by atoms with E-state index in [0.29, 0.717) is 11.1 Å². The summed E-state index contributed by atoms with van der Waals surface area (Å²) < 4.78 is 42.8. The highest BCUT2D eigenvalue weighted by Gasteiger charge is 2.66. The third-order valence-corrected chi connectivity index (χ3v) is 4.57. The molecule has 1 aromatic heterocycles. The maximum Gasteiger partial charge on any atom is 0.442 e. The van der Waals surface area contributed by atoms with Crippen molar-refractivity contribution >= 4 is 17.7 Å². The maximum atomic E-state index is 14.3. The lowest BCUT2D eigenvalue weighted by atomic mass is 10.1. The number of hydrogen-bond donors (Lipinski definition) is 1.